The molecule has 0 spiro atoms. The first kappa shape index (κ1) is 23.3. The van der Waals surface area contributed by atoms with Gasteiger partial charge in [0.05, 0.1) is 0 Å². The highest BCUT2D eigenvalue weighted by molar-refractivity contribution is 5.99. The van der Waals surface area contributed by atoms with Gasteiger partial charge in [-0.3, -0.25) is 9.59 Å². The molecule has 7 heteroatoms. The lowest BCUT2D eigenvalue weighted by Gasteiger charge is -2.18. The quantitative estimate of drug-likeness (QED) is 0.396. The van der Waals surface area contributed by atoms with Crippen molar-refractivity contribution in [2.75, 3.05) is 5.32 Å². The van der Waals surface area contributed by atoms with Gasteiger partial charge in [0, 0.05) is 25.1 Å². The van der Waals surface area contributed by atoms with Gasteiger partial charge in [-0.25, -0.2) is 4.79 Å². The average Bonchev–Trinajstić information content (AvgIpc) is 2.79. The van der Waals surface area contributed by atoms with Gasteiger partial charge in [0.25, 0.3) is 0 Å². The Labute approximate surface area is 191 Å². The maximum atomic E-state index is 13.0. The summed E-state index contributed by atoms with van der Waals surface area (Å²) >= 11 is 0. The molecule has 0 aromatic heterocycles. The fourth-order valence-electron chi connectivity index (χ4n) is 3.39. The zero-order valence-corrected chi connectivity index (χ0v) is 18.0. The van der Waals surface area contributed by atoms with E-state index in [4.69, 9.17) is 0 Å². The molecule has 168 valence electrons. The number of amides is 2. The largest absolute Gasteiger partial charge is 0.508 e. The third-order valence-corrected chi connectivity index (χ3v) is 4.86. The zero-order chi connectivity index (χ0) is 23.8. The smallest absolute Gasteiger partial charge is 0.328 e. The first-order valence-corrected chi connectivity index (χ1v) is 10.3. The minimum atomic E-state index is -1.08. The van der Waals surface area contributed by atoms with E-state index in [-0.39, 0.29) is 18.1 Å². The molecule has 2 amide bonds. The standard InChI is InChI=1S/C26H24N2O5/c1-17(29)27-24(14-18-10-12-22(30)13-11-18)26(33)28-21-9-5-8-20(15-21)23(16-25(31)32)19-6-3-2-4-7-19/h2-13,15-16,24,30H,14H2,1H3,(H,27,29)(H,28,33)(H,31,32)/b23-16+. The van der Waals surface area contributed by atoms with E-state index in [1.807, 2.05) is 30.3 Å². The van der Waals surface area contributed by atoms with E-state index in [1.54, 1.807) is 36.4 Å². The second-order valence-corrected chi connectivity index (χ2v) is 7.46. The number of carbonyl (C=O) groups excluding carboxylic acids is 2. The van der Waals surface area contributed by atoms with Crippen molar-refractivity contribution in [2.45, 2.75) is 19.4 Å². The minimum absolute atomic E-state index is 0.111. The number of aliphatic carboxylic acids is 1. The molecule has 0 aliphatic carbocycles. The SMILES string of the molecule is CC(=O)NC(Cc1ccc(O)cc1)C(=O)Nc1cccc(/C(=C/C(=O)O)c2ccccc2)c1. The van der Waals surface area contributed by atoms with Crippen LogP contribution < -0.4 is 10.6 Å². The minimum Gasteiger partial charge on any atom is -0.508 e. The van der Waals surface area contributed by atoms with Crippen LogP contribution in [0.3, 0.4) is 0 Å². The number of carboxylic acids is 1. The fraction of sp³-hybridized carbons (Fsp3) is 0.115. The normalized spacial score (nSPS) is 12.0. The van der Waals surface area contributed by atoms with Gasteiger partial charge in [-0.2, -0.15) is 0 Å². The molecule has 0 aliphatic heterocycles. The van der Waals surface area contributed by atoms with Crippen molar-refractivity contribution >= 4 is 29.0 Å². The average molecular weight is 444 g/mol. The molecule has 3 aromatic rings. The van der Waals surface area contributed by atoms with E-state index in [9.17, 15) is 24.6 Å². The van der Waals surface area contributed by atoms with Crippen LogP contribution in [0.1, 0.15) is 23.6 Å². The number of aromatic hydroxyl groups is 1. The molecule has 0 radical (unpaired) electrons. The molecule has 4 N–H and O–H groups in total. The van der Waals surface area contributed by atoms with Crippen molar-refractivity contribution in [3.8, 4) is 5.75 Å². The van der Waals surface area contributed by atoms with Crippen molar-refractivity contribution in [2.24, 2.45) is 0 Å². The molecule has 33 heavy (non-hydrogen) atoms. The monoisotopic (exact) mass is 444 g/mol. The number of anilines is 1. The second kappa shape index (κ2) is 10.8. The topological polar surface area (TPSA) is 116 Å². The highest BCUT2D eigenvalue weighted by Gasteiger charge is 2.20. The summed E-state index contributed by atoms with van der Waals surface area (Å²) in [5.74, 6) is -1.74. The number of carboxylic acid groups (broad SMARTS) is 1. The number of benzene rings is 3. The molecule has 0 fully saturated rings. The zero-order valence-electron chi connectivity index (χ0n) is 18.0. The molecule has 3 aromatic carbocycles. The van der Waals surface area contributed by atoms with Gasteiger partial charge in [0.2, 0.25) is 11.8 Å². The van der Waals surface area contributed by atoms with Crippen molar-refractivity contribution in [1.29, 1.82) is 0 Å². The molecule has 0 heterocycles. The Bertz CT molecular complexity index is 1170. The Kier molecular flexibility index (Phi) is 7.60. The van der Waals surface area contributed by atoms with Gasteiger partial charge >= 0.3 is 5.97 Å². The lowest BCUT2D eigenvalue weighted by molar-refractivity contribution is -0.131. The Morgan fingerprint density at radius 2 is 1.58 bits per heavy atom. The maximum Gasteiger partial charge on any atom is 0.328 e. The highest BCUT2D eigenvalue weighted by atomic mass is 16.4. The number of phenolic OH excluding ortho intramolecular Hbond substituents is 1. The van der Waals surface area contributed by atoms with Crippen LogP contribution in [0.2, 0.25) is 0 Å². The summed E-state index contributed by atoms with van der Waals surface area (Å²) in [7, 11) is 0. The molecule has 1 unspecified atom stereocenters. The summed E-state index contributed by atoms with van der Waals surface area (Å²) < 4.78 is 0. The van der Waals surface area contributed by atoms with Crippen LogP contribution in [-0.2, 0) is 20.8 Å². The van der Waals surface area contributed by atoms with Crippen molar-refractivity contribution in [3.63, 3.8) is 0 Å². The lowest BCUT2D eigenvalue weighted by atomic mass is 9.97. The van der Waals surface area contributed by atoms with Crippen molar-refractivity contribution in [1.82, 2.24) is 5.32 Å². The third-order valence-electron chi connectivity index (χ3n) is 4.86. The summed E-state index contributed by atoms with van der Waals surface area (Å²) in [6, 6.07) is 21.5. The number of nitrogens with one attached hydrogen (secondary N) is 2. The molecule has 7 nitrogen and oxygen atoms in total. The summed E-state index contributed by atoms with van der Waals surface area (Å²) in [4.78, 5) is 36.0. The van der Waals surface area contributed by atoms with Crippen LogP contribution in [0.15, 0.2) is 84.9 Å². The maximum absolute atomic E-state index is 13.0. The lowest BCUT2D eigenvalue weighted by Crippen LogP contribution is -2.44. The molecule has 3 rings (SSSR count). The Morgan fingerprint density at radius 3 is 2.21 bits per heavy atom. The predicted molar refractivity (Wildman–Crippen MR) is 126 cm³/mol. The fourth-order valence-corrected chi connectivity index (χ4v) is 3.39. The molecular formula is C26H24N2O5. The Hall–Kier alpha value is -4.39. The van der Waals surface area contributed by atoms with Crippen LogP contribution in [-0.4, -0.2) is 34.0 Å². The number of rotatable bonds is 8. The molecular weight excluding hydrogens is 420 g/mol. The van der Waals surface area contributed by atoms with Gasteiger partial charge in [-0.05, 0) is 46.5 Å². The van der Waals surface area contributed by atoms with E-state index in [0.717, 1.165) is 17.2 Å². The van der Waals surface area contributed by atoms with Crippen LogP contribution in [0, 0.1) is 0 Å². The summed E-state index contributed by atoms with van der Waals surface area (Å²) in [5.41, 5.74) is 3.08. The van der Waals surface area contributed by atoms with Gasteiger partial charge < -0.3 is 20.8 Å². The summed E-state index contributed by atoms with van der Waals surface area (Å²) in [6.45, 7) is 1.33. The van der Waals surface area contributed by atoms with Crippen LogP contribution >= 0.6 is 0 Å². The predicted octanol–water partition coefficient (Wildman–Crippen LogP) is 3.59. The molecule has 0 saturated heterocycles. The number of hydrogen-bond donors (Lipinski definition) is 4. The summed E-state index contributed by atoms with van der Waals surface area (Å²) in [5, 5.41) is 24.2. The number of phenols is 1. The Balaban J connectivity index is 1.84. The molecule has 0 bridgehead atoms. The van der Waals surface area contributed by atoms with Gasteiger partial charge in [-0.15, -0.1) is 0 Å². The molecule has 1 atom stereocenters. The highest BCUT2D eigenvalue weighted by Crippen LogP contribution is 2.26. The van der Waals surface area contributed by atoms with Gasteiger partial charge in [0.15, 0.2) is 0 Å². The van der Waals surface area contributed by atoms with E-state index < -0.39 is 17.9 Å². The van der Waals surface area contributed by atoms with Crippen LogP contribution in [0.5, 0.6) is 5.75 Å². The number of carbonyl (C=O) groups is 3. The molecule has 0 saturated carbocycles. The van der Waals surface area contributed by atoms with Gasteiger partial charge in [0.1, 0.15) is 11.8 Å². The van der Waals surface area contributed by atoms with E-state index >= 15 is 0 Å². The van der Waals surface area contributed by atoms with E-state index in [2.05, 4.69) is 10.6 Å². The Morgan fingerprint density at radius 1 is 0.909 bits per heavy atom. The van der Waals surface area contributed by atoms with Crippen molar-refractivity contribution in [3.05, 3.63) is 102 Å². The van der Waals surface area contributed by atoms with E-state index in [0.29, 0.717) is 16.8 Å². The first-order valence-electron chi connectivity index (χ1n) is 10.3. The van der Waals surface area contributed by atoms with Crippen LogP contribution in [0.4, 0.5) is 5.69 Å². The third kappa shape index (κ3) is 6.80. The van der Waals surface area contributed by atoms with Crippen molar-refractivity contribution < 1.29 is 24.6 Å². The van der Waals surface area contributed by atoms with Gasteiger partial charge in [-0.1, -0.05) is 54.6 Å². The first-order chi connectivity index (χ1) is 15.8. The van der Waals surface area contributed by atoms with Crippen LogP contribution in [0.25, 0.3) is 5.57 Å². The van der Waals surface area contributed by atoms with E-state index in [1.165, 1.54) is 19.1 Å². The molecule has 0 aliphatic rings. The second-order valence-electron chi connectivity index (χ2n) is 7.46. The number of hydrogen-bond acceptors (Lipinski definition) is 4. The summed E-state index contributed by atoms with van der Waals surface area (Å²) in [6.07, 6.45) is 1.36.